The summed E-state index contributed by atoms with van der Waals surface area (Å²) in [7, 11) is -2.95. The molecule has 1 aromatic carbocycles. The third-order valence-corrected chi connectivity index (χ3v) is 7.36. The first-order valence-electron chi connectivity index (χ1n) is 8.11. The van der Waals surface area contributed by atoms with Gasteiger partial charge in [0.25, 0.3) is 5.91 Å². The van der Waals surface area contributed by atoms with Gasteiger partial charge in [0.15, 0.2) is 15.0 Å². The maximum atomic E-state index is 12.1. The average Bonchev–Trinajstić information content (AvgIpc) is 3.28. The van der Waals surface area contributed by atoms with Crippen molar-refractivity contribution in [3.05, 3.63) is 54.0 Å². The van der Waals surface area contributed by atoms with Crippen molar-refractivity contribution in [1.82, 2.24) is 5.32 Å². The predicted octanol–water partition coefficient (Wildman–Crippen LogP) is 1.89. The minimum absolute atomic E-state index is 0.00847. The number of amidine groups is 1. The Kier molecular flexibility index (Phi) is 4.49. The number of carbonyl (C=O) groups excluding carboxylic acids is 1. The van der Waals surface area contributed by atoms with Crippen LogP contribution in [0.15, 0.2) is 52.1 Å². The highest BCUT2D eigenvalue weighted by Crippen LogP contribution is 2.34. The van der Waals surface area contributed by atoms with Gasteiger partial charge in [0, 0.05) is 16.5 Å². The fourth-order valence-corrected chi connectivity index (χ4v) is 6.60. The Labute approximate surface area is 155 Å². The number of aliphatic imine (C=N–C) groups is 1. The first-order chi connectivity index (χ1) is 12.5. The molecule has 2 aromatic rings. The van der Waals surface area contributed by atoms with Crippen molar-refractivity contribution in [1.29, 1.82) is 0 Å². The van der Waals surface area contributed by atoms with E-state index in [4.69, 9.17) is 4.42 Å². The van der Waals surface area contributed by atoms with Crippen LogP contribution in [0.2, 0.25) is 0 Å². The standard InChI is InChI=1S/C17H17N3O4S2/c21-16(18-8-13-2-1-7-24-13)11-3-5-12(6-4-11)19-17-20-14-9-26(22,23)10-15(14)25-17/h1-7,14-15H,8-10H2,(H,18,21)(H,19,20)/t14-,15-/m1/s1. The maximum absolute atomic E-state index is 12.1. The van der Waals surface area contributed by atoms with E-state index in [0.29, 0.717) is 17.9 Å². The number of hydrogen-bond donors (Lipinski definition) is 2. The molecule has 1 fully saturated rings. The van der Waals surface area contributed by atoms with Gasteiger partial charge >= 0.3 is 0 Å². The number of amides is 1. The van der Waals surface area contributed by atoms with Crippen molar-refractivity contribution in [2.75, 3.05) is 16.8 Å². The highest BCUT2D eigenvalue weighted by Gasteiger charge is 2.42. The number of rotatable bonds is 4. The Balaban J connectivity index is 1.34. The molecule has 136 valence electrons. The van der Waals surface area contributed by atoms with Gasteiger partial charge in [0.1, 0.15) is 5.76 Å². The molecule has 0 aliphatic carbocycles. The lowest BCUT2D eigenvalue weighted by Gasteiger charge is -2.08. The number of hydrogen-bond acceptors (Lipinski definition) is 7. The summed E-state index contributed by atoms with van der Waals surface area (Å²) in [6, 6.07) is 10.5. The molecule has 2 aliphatic rings. The lowest BCUT2D eigenvalue weighted by atomic mass is 10.2. The Morgan fingerprint density at radius 1 is 1.23 bits per heavy atom. The van der Waals surface area contributed by atoms with Gasteiger partial charge in [-0.15, -0.1) is 0 Å². The number of fused-ring (bicyclic) bond motifs is 1. The molecule has 26 heavy (non-hydrogen) atoms. The van der Waals surface area contributed by atoms with E-state index in [2.05, 4.69) is 15.6 Å². The molecule has 1 amide bonds. The molecule has 9 heteroatoms. The van der Waals surface area contributed by atoms with Crippen LogP contribution in [-0.4, -0.2) is 42.3 Å². The van der Waals surface area contributed by atoms with Crippen LogP contribution in [0.3, 0.4) is 0 Å². The van der Waals surface area contributed by atoms with E-state index in [1.54, 1.807) is 42.7 Å². The molecule has 0 bridgehead atoms. The summed E-state index contributed by atoms with van der Waals surface area (Å²) in [5.74, 6) is 0.830. The fraction of sp³-hybridized carbons (Fsp3) is 0.294. The van der Waals surface area contributed by atoms with Gasteiger partial charge in [-0.25, -0.2) is 8.42 Å². The third kappa shape index (κ3) is 3.78. The molecule has 0 radical (unpaired) electrons. The van der Waals surface area contributed by atoms with Crippen molar-refractivity contribution in [2.24, 2.45) is 4.99 Å². The number of thioether (sulfide) groups is 1. The van der Waals surface area contributed by atoms with Gasteiger partial charge in [-0.2, -0.15) is 0 Å². The molecule has 1 aromatic heterocycles. The van der Waals surface area contributed by atoms with E-state index in [1.165, 1.54) is 11.8 Å². The van der Waals surface area contributed by atoms with E-state index < -0.39 is 9.84 Å². The molecular formula is C17H17N3O4S2. The summed E-state index contributed by atoms with van der Waals surface area (Å²) in [6.45, 7) is 0.338. The zero-order valence-electron chi connectivity index (χ0n) is 13.7. The SMILES string of the molecule is O=C(NCc1ccco1)c1ccc(NC2=N[C@@H]3CS(=O)(=O)C[C@H]3S2)cc1. The highest BCUT2D eigenvalue weighted by molar-refractivity contribution is 8.15. The second-order valence-corrected chi connectivity index (χ2v) is 9.58. The lowest BCUT2D eigenvalue weighted by Crippen LogP contribution is -2.22. The Hall–Kier alpha value is -2.26. The summed E-state index contributed by atoms with van der Waals surface area (Å²) in [6.07, 6.45) is 1.56. The van der Waals surface area contributed by atoms with Crippen LogP contribution in [0, 0.1) is 0 Å². The van der Waals surface area contributed by atoms with Crippen LogP contribution in [0.4, 0.5) is 5.69 Å². The lowest BCUT2D eigenvalue weighted by molar-refractivity contribution is 0.0948. The summed E-state index contributed by atoms with van der Waals surface area (Å²) < 4.78 is 28.4. The second-order valence-electron chi connectivity index (χ2n) is 6.20. The van der Waals surface area contributed by atoms with Crippen LogP contribution in [0.1, 0.15) is 16.1 Å². The van der Waals surface area contributed by atoms with Crippen LogP contribution >= 0.6 is 11.8 Å². The van der Waals surface area contributed by atoms with Gasteiger partial charge in [-0.1, -0.05) is 11.8 Å². The van der Waals surface area contributed by atoms with Crippen molar-refractivity contribution >= 4 is 38.4 Å². The summed E-state index contributed by atoms with van der Waals surface area (Å²) in [5, 5.41) is 6.71. The largest absolute Gasteiger partial charge is 0.467 e. The molecule has 1 saturated heterocycles. The quantitative estimate of drug-likeness (QED) is 0.825. The van der Waals surface area contributed by atoms with Crippen LogP contribution in [0.5, 0.6) is 0 Å². The number of sulfone groups is 1. The summed E-state index contributed by atoms with van der Waals surface area (Å²) >= 11 is 1.47. The molecule has 0 unspecified atom stereocenters. The fourth-order valence-electron chi connectivity index (χ4n) is 2.93. The highest BCUT2D eigenvalue weighted by atomic mass is 32.2. The number of nitrogens with zero attached hydrogens (tertiary/aromatic N) is 1. The normalized spacial score (nSPS) is 23.3. The van der Waals surface area contributed by atoms with E-state index in [9.17, 15) is 13.2 Å². The number of anilines is 1. The van der Waals surface area contributed by atoms with E-state index in [1.807, 2.05) is 0 Å². The van der Waals surface area contributed by atoms with Crippen LogP contribution in [-0.2, 0) is 16.4 Å². The van der Waals surface area contributed by atoms with Gasteiger partial charge in [0.05, 0.1) is 30.4 Å². The number of benzene rings is 1. The first-order valence-corrected chi connectivity index (χ1v) is 10.8. The smallest absolute Gasteiger partial charge is 0.251 e. The molecule has 2 atom stereocenters. The molecule has 0 saturated carbocycles. The van der Waals surface area contributed by atoms with Gasteiger partial charge in [0.2, 0.25) is 0 Å². The zero-order valence-corrected chi connectivity index (χ0v) is 15.3. The molecule has 0 spiro atoms. The minimum atomic E-state index is -2.95. The van der Waals surface area contributed by atoms with Gasteiger partial charge in [-0.05, 0) is 36.4 Å². The number of carbonyl (C=O) groups is 1. The molecule has 2 aliphatic heterocycles. The summed E-state index contributed by atoms with van der Waals surface area (Å²) in [5.41, 5.74) is 1.35. The van der Waals surface area contributed by atoms with Crippen molar-refractivity contribution in [3.8, 4) is 0 Å². The van der Waals surface area contributed by atoms with Crippen LogP contribution in [0.25, 0.3) is 0 Å². The number of furan rings is 1. The van der Waals surface area contributed by atoms with Crippen molar-refractivity contribution in [2.45, 2.75) is 17.8 Å². The van der Waals surface area contributed by atoms with E-state index in [0.717, 1.165) is 10.9 Å². The average molecular weight is 391 g/mol. The van der Waals surface area contributed by atoms with Crippen molar-refractivity contribution in [3.63, 3.8) is 0 Å². The predicted molar refractivity (Wildman–Crippen MR) is 101 cm³/mol. The molecular weight excluding hydrogens is 374 g/mol. The van der Waals surface area contributed by atoms with Gasteiger partial charge < -0.3 is 15.1 Å². The first kappa shape index (κ1) is 17.2. The van der Waals surface area contributed by atoms with Gasteiger partial charge in [-0.3, -0.25) is 9.79 Å². The Bertz CT molecular complexity index is 937. The molecule has 3 heterocycles. The van der Waals surface area contributed by atoms with Crippen LogP contribution < -0.4 is 10.6 Å². The molecule has 2 N–H and O–H groups in total. The monoisotopic (exact) mass is 391 g/mol. The second kappa shape index (κ2) is 6.81. The van der Waals surface area contributed by atoms with Crippen molar-refractivity contribution < 1.29 is 17.6 Å². The third-order valence-electron chi connectivity index (χ3n) is 4.22. The van der Waals surface area contributed by atoms with E-state index in [-0.39, 0.29) is 28.7 Å². The minimum Gasteiger partial charge on any atom is -0.467 e. The topological polar surface area (TPSA) is 101 Å². The maximum Gasteiger partial charge on any atom is 0.251 e. The zero-order chi connectivity index (χ0) is 18.1. The summed E-state index contributed by atoms with van der Waals surface area (Å²) in [4.78, 5) is 16.6. The Morgan fingerprint density at radius 2 is 2.04 bits per heavy atom. The Morgan fingerprint density at radius 3 is 2.73 bits per heavy atom. The number of nitrogens with one attached hydrogen (secondary N) is 2. The van der Waals surface area contributed by atoms with E-state index >= 15 is 0 Å². The molecule has 7 nitrogen and oxygen atoms in total. The molecule has 4 rings (SSSR count).